The van der Waals surface area contributed by atoms with Gasteiger partial charge in [0.15, 0.2) is 0 Å². The molecule has 0 aromatic heterocycles. The van der Waals surface area contributed by atoms with E-state index < -0.39 is 11.9 Å². The van der Waals surface area contributed by atoms with Crippen LogP contribution in [0.4, 0.5) is 11.4 Å². The fourth-order valence-electron chi connectivity index (χ4n) is 2.91. The van der Waals surface area contributed by atoms with Gasteiger partial charge in [0.05, 0.1) is 5.92 Å². The Balaban J connectivity index is 1.66. The van der Waals surface area contributed by atoms with Crippen molar-refractivity contribution in [1.29, 1.82) is 0 Å². The molecule has 6 heteroatoms. The molecule has 1 heterocycles. The molecule has 0 bridgehead atoms. The number of nitrogens with zero attached hydrogens (tertiary/aromatic N) is 1. The van der Waals surface area contributed by atoms with Crippen LogP contribution in [0.15, 0.2) is 48.5 Å². The molecule has 1 fully saturated rings. The van der Waals surface area contributed by atoms with Crippen LogP contribution in [-0.2, 0) is 9.59 Å². The molecular formula is C20H20N2O4. The van der Waals surface area contributed by atoms with Crippen LogP contribution in [0.2, 0.25) is 0 Å². The highest BCUT2D eigenvalue weighted by atomic mass is 16.4. The van der Waals surface area contributed by atoms with Gasteiger partial charge in [0.25, 0.3) is 5.91 Å². The Morgan fingerprint density at radius 2 is 1.73 bits per heavy atom. The fourth-order valence-corrected chi connectivity index (χ4v) is 2.91. The first-order valence-corrected chi connectivity index (χ1v) is 8.50. The lowest BCUT2D eigenvalue weighted by Gasteiger charge is -2.16. The highest BCUT2D eigenvalue weighted by molar-refractivity contribution is 6.05. The van der Waals surface area contributed by atoms with Gasteiger partial charge in [0.2, 0.25) is 5.91 Å². The SMILES string of the molecule is CC(C(=O)O)c1ccc(NC(=O)c2ccc(N3CCCC3=O)cc2)cc1. The van der Waals surface area contributed by atoms with Gasteiger partial charge in [-0.15, -0.1) is 0 Å². The number of carboxylic acids is 1. The summed E-state index contributed by atoms with van der Waals surface area (Å²) in [7, 11) is 0. The number of aliphatic carboxylic acids is 1. The summed E-state index contributed by atoms with van der Waals surface area (Å²) >= 11 is 0. The van der Waals surface area contributed by atoms with E-state index in [-0.39, 0.29) is 11.8 Å². The van der Waals surface area contributed by atoms with Crippen molar-refractivity contribution in [2.45, 2.75) is 25.7 Å². The molecule has 0 aliphatic carbocycles. The molecule has 2 amide bonds. The van der Waals surface area contributed by atoms with Crippen molar-refractivity contribution in [2.75, 3.05) is 16.8 Å². The third-order valence-corrected chi connectivity index (χ3v) is 4.55. The number of carboxylic acid groups (broad SMARTS) is 1. The lowest BCUT2D eigenvalue weighted by Crippen LogP contribution is -2.23. The third kappa shape index (κ3) is 3.74. The summed E-state index contributed by atoms with van der Waals surface area (Å²) in [6, 6.07) is 13.7. The van der Waals surface area contributed by atoms with Gasteiger partial charge in [-0.3, -0.25) is 14.4 Å². The van der Waals surface area contributed by atoms with Crippen molar-refractivity contribution in [3.05, 3.63) is 59.7 Å². The molecule has 0 spiro atoms. The minimum absolute atomic E-state index is 0.109. The maximum Gasteiger partial charge on any atom is 0.310 e. The molecule has 1 aliphatic rings. The van der Waals surface area contributed by atoms with Crippen molar-refractivity contribution in [3.8, 4) is 0 Å². The molecule has 2 N–H and O–H groups in total. The number of carbonyl (C=O) groups is 3. The second kappa shape index (κ2) is 7.39. The van der Waals surface area contributed by atoms with E-state index in [2.05, 4.69) is 5.32 Å². The second-order valence-corrected chi connectivity index (χ2v) is 6.33. The van der Waals surface area contributed by atoms with Gasteiger partial charge < -0.3 is 15.3 Å². The highest BCUT2D eigenvalue weighted by Gasteiger charge is 2.21. The van der Waals surface area contributed by atoms with Crippen LogP contribution in [0.1, 0.15) is 41.6 Å². The van der Waals surface area contributed by atoms with Crippen molar-refractivity contribution >= 4 is 29.2 Å². The number of hydrogen-bond donors (Lipinski definition) is 2. The van der Waals surface area contributed by atoms with Crippen molar-refractivity contribution in [1.82, 2.24) is 0 Å². The van der Waals surface area contributed by atoms with Gasteiger partial charge >= 0.3 is 5.97 Å². The van der Waals surface area contributed by atoms with Crippen molar-refractivity contribution < 1.29 is 19.5 Å². The number of hydrogen-bond acceptors (Lipinski definition) is 3. The summed E-state index contributed by atoms with van der Waals surface area (Å²) in [5.74, 6) is -1.64. The first-order valence-electron chi connectivity index (χ1n) is 8.50. The van der Waals surface area contributed by atoms with Gasteiger partial charge in [0, 0.05) is 29.9 Å². The van der Waals surface area contributed by atoms with Crippen LogP contribution in [0.5, 0.6) is 0 Å². The van der Waals surface area contributed by atoms with E-state index >= 15 is 0 Å². The first-order chi connectivity index (χ1) is 12.5. The second-order valence-electron chi connectivity index (χ2n) is 6.33. The molecule has 1 atom stereocenters. The number of nitrogens with one attached hydrogen (secondary N) is 1. The minimum Gasteiger partial charge on any atom is -0.481 e. The van der Waals surface area contributed by atoms with E-state index in [1.54, 1.807) is 60.4 Å². The molecule has 0 saturated carbocycles. The van der Waals surface area contributed by atoms with Gasteiger partial charge in [-0.25, -0.2) is 0 Å². The Labute approximate surface area is 151 Å². The number of anilines is 2. The molecule has 1 unspecified atom stereocenters. The summed E-state index contributed by atoms with van der Waals surface area (Å²) in [6.07, 6.45) is 1.43. The largest absolute Gasteiger partial charge is 0.481 e. The molecular weight excluding hydrogens is 332 g/mol. The number of amides is 2. The Hall–Kier alpha value is -3.15. The molecule has 2 aromatic carbocycles. The summed E-state index contributed by atoms with van der Waals surface area (Å²) in [5.41, 5.74) is 2.56. The molecule has 26 heavy (non-hydrogen) atoms. The maximum atomic E-state index is 12.4. The fraction of sp³-hybridized carbons (Fsp3) is 0.250. The summed E-state index contributed by atoms with van der Waals surface area (Å²) in [5, 5.41) is 11.8. The summed E-state index contributed by atoms with van der Waals surface area (Å²) < 4.78 is 0. The van der Waals surface area contributed by atoms with Crippen LogP contribution in [-0.4, -0.2) is 29.4 Å². The Morgan fingerprint density at radius 3 is 2.27 bits per heavy atom. The zero-order chi connectivity index (χ0) is 18.7. The van der Waals surface area contributed by atoms with Gasteiger partial charge in [-0.2, -0.15) is 0 Å². The lowest BCUT2D eigenvalue weighted by molar-refractivity contribution is -0.138. The topological polar surface area (TPSA) is 86.7 Å². The standard InChI is InChI=1S/C20H20N2O4/c1-13(20(25)26)14-4-8-16(9-5-14)21-19(24)15-6-10-17(11-7-15)22-12-2-3-18(22)23/h4-11,13H,2-3,12H2,1H3,(H,21,24)(H,25,26). The summed E-state index contributed by atoms with van der Waals surface area (Å²) in [4.78, 5) is 36.8. The monoisotopic (exact) mass is 352 g/mol. The number of rotatable bonds is 5. The normalized spacial score (nSPS) is 15.0. The predicted octanol–water partition coefficient (Wildman–Crippen LogP) is 3.25. The van der Waals surface area contributed by atoms with E-state index in [4.69, 9.17) is 5.11 Å². The van der Waals surface area contributed by atoms with E-state index in [0.717, 1.165) is 12.1 Å². The highest BCUT2D eigenvalue weighted by Crippen LogP contribution is 2.22. The molecule has 134 valence electrons. The molecule has 6 nitrogen and oxygen atoms in total. The van der Waals surface area contributed by atoms with Gasteiger partial charge in [-0.1, -0.05) is 12.1 Å². The van der Waals surface area contributed by atoms with Crippen molar-refractivity contribution in [3.63, 3.8) is 0 Å². The molecule has 2 aromatic rings. The van der Waals surface area contributed by atoms with E-state index in [1.165, 1.54) is 0 Å². The third-order valence-electron chi connectivity index (χ3n) is 4.55. The number of carbonyl (C=O) groups excluding carboxylic acids is 2. The maximum absolute atomic E-state index is 12.4. The molecule has 1 saturated heterocycles. The molecule has 3 rings (SSSR count). The van der Waals surface area contributed by atoms with E-state index in [9.17, 15) is 14.4 Å². The van der Waals surface area contributed by atoms with Crippen LogP contribution >= 0.6 is 0 Å². The Kier molecular flexibility index (Phi) is 5.02. The Bertz CT molecular complexity index is 828. The van der Waals surface area contributed by atoms with Crippen LogP contribution in [0.25, 0.3) is 0 Å². The van der Waals surface area contributed by atoms with Crippen LogP contribution < -0.4 is 10.2 Å². The smallest absolute Gasteiger partial charge is 0.310 e. The lowest BCUT2D eigenvalue weighted by atomic mass is 10.0. The Morgan fingerprint density at radius 1 is 1.08 bits per heavy atom. The van der Waals surface area contributed by atoms with E-state index in [1.807, 2.05) is 0 Å². The van der Waals surface area contributed by atoms with E-state index in [0.29, 0.717) is 29.8 Å². The predicted molar refractivity (Wildman–Crippen MR) is 98.5 cm³/mol. The molecule has 0 radical (unpaired) electrons. The first kappa shape index (κ1) is 17.7. The van der Waals surface area contributed by atoms with Gasteiger partial charge in [0.1, 0.15) is 0 Å². The van der Waals surface area contributed by atoms with Crippen LogP contribution in [0.3, 0.4) is 0 Å². The zero-order valence-corrected chi connectivity index (χ0v) is 14.4. The zero-order valence-electron chi connectivity index (χ0n) is 14.4. The van der Waals surface area contributed by atoms with Crippen LogP contribution in [0, 0.1) is 0 Å². The summed E-state index contributed by atoms with van der Waals surface area (Å²) in [6.45, 7) is 2.33. The minimum atomic E-state index is -0.890. The van der Waals surface area contributed by atoms with Crippen molar-refractivity contribution in [2.24, 2.45) is 0 Å². The number of benzene rings is 2. The average molecular weight is 352 g/mol. The van der Waals surface area contributed by atoms with Gasteiger partial charge in [-0.05, 0) is 55.3 Å². The molecule has 1 aliphatic heterocycles. The average Bonchev–Trinajstić information content (AvgIpc) is 3.07. The quantitative estimate of drug-likeness (QED) is 0.865.